The molecule has 0 atom stereocenters. The van der Waals surface area contributed by atoms with E-state index in [1.54, 1.807) is 4.90 Å². The second-order valence-corrected chi connectivity index (χ2v) is 4.94. The maximum absolute atomic E-state index is 12.0. The highest BCUT2D eigenvalue weighted by Gasteiger charge is 2.28. The van der Waals surface area contributed by atoms with E-state index in [1.807, 2.05) is 38.1 Å². The van der Waals surface area contributed by atoms with Crippen molar-refractivity contribution in [2.75, 3.05) is 18.0 Å². The van der Waals surface area contributed by atoms with Crippen LogP contribution >= 0.6 is 0 Å². The van der Waals surface area contributed by atoms with Crippen molar-refractivity contribution < 1.29 is 9.59 Å². The molecule has 0 fully saturated rings. The van der Waals surface area contributed by atoms with Crippen molar-refractivity contribution in [3.63, 3.8) is 0 Å². The van der Waals surface area contributed by atoms with Crippen LogP contribution in [-0.2, 0) is 16.0 Å². The zero-order valence-corrected chi connectivity index (χ0v) is 10.8. The number of para-hydroxylation sites is 1. The van der Waals surface area contributed by atoms with Crippen LogP contribution in [0, 0.1) is 5.92 Å². The number of rotatable bonds is 2. The summed E-state index contributed by atoms with van der Waals surface area (Å²) in [5.74, 6) is -0.631. The lowest BCUT2D eigenvalue weighted by Gasteiger charge is -2.17. The molecular formula is C14H18N2O2. The maximum atomic E-state index is 12.0. The molecule has 0 aliphatic carbocycles. The zero-order chi connectivity index (χ0) is 13.1. The van der Waals surface area contributed by atoms with E-state index in [1.165, 1.54) is 0 Å². The van der Waals surface area contributed by atoms with E-state index in [9.17, 15) is 9.59 Å². The Morgan fingerprint density at radius 1 is 1.33 bits per heavy atom. The van der Waals surface area contributed by atoms with Gasteiger partial charge in [0.05, 0.1) is 0 Å². The van der Waals surface area contributed by atoms with Gasteiger partial charge in [0.1, 0.15) is 0 Å². The Kier molecular flexibility index (Phi) is 3.65. The zero-order valence-electron chi connectivity index (χ0n) is 10.8. The summed E-state index contributed by atoms with van der Waals surface area (Å²) in [4.78, 5) is 25.3. The summed E-state index contributed by atoms with van der Waals surface area (Å²) in [7, 11) is 0. The quantitative estimate of drug-likeness (QED) is 0.801. The molecule has 0 aromatic heterocycles. The summed E-state index contributed by atoms with van der Waals surface area (Å²) in [5.41, 5.74) is 1.99. The molecule has 1 heterocycles. The van der Waals surface area contributed by atoms with E-state index in [0.29, 0.717) is 19.0 Å². The number of hydrogen-bond donors (Lipinski definition) is 1. The van der Waals surface area contributed by atoms with Gasteiger partial charge in [0, 0.05) is 18.8 Å². The Morgan fingerprint density at radius 3 is 2.78 bits per heavy atom. The molecular weight excluding hydrogens is 228 g/mol. The van der Waals surface area contributed by atoms with Gasteiger partial charge in [-0.3, -0.25) is 9.59 Å². The number of hydrogen-bond acceptors (Lipinski definition) is 2. The summed E-state index contributed by atoms with van der Waals surface area (Å²) >= 11 is 0. The molecule has 0 bridgehead atoms. The van der Waals surface area contributed by atoms with Crippen molar-refractivity contribution in [1.29, 1.82) is 0 Å². The van der Waals surface area contributed by atoms with Crippen LogP contribution < -0.4 is 10.2 Å². The first kappa shape index (κ1) is 12.6. The fourth-order valence-electron chi connectivity index (χ4n) is 2.04. The highest BCUT2D eigenvalue weighted by atomic mass is 16.2. The van der Waals surface area contributed by atoms with Gasteiger partial charge in [0.15, 0.2) is 0 Å². The highest BCUT2D eigenvalue weighted by Crippen LogP contribution is 2.27. The van der Waals surface area contributed by atoms with Crippen LogP contribution in [0.3, 0.4) is 0 Å². The standard InChI is InChI=1S/C14H18N2O2/c1-10(2)9-15-13(17)14(18)16-8-7-11-5-3-4-6-12(11)16/h3-6,10H,7-9H2,1-2H3,(H,15,17). The Morgan fingerprint density at radius 2 is 2.06 bits per heavy atom. The third kappa shape index (κ3) is 2.53. The van der Waals surface area contributed by atoms with E-state index in [2.05, 4.69) is 5.32 Å². The maximum Gasteiger partial charge on any atom is 0.316 e. The molecule has 0 unspecified atom stereocenters. The molecule has 2 rings (SSSR count). The number of nitrogens with one attached hydrogen (secondary N) is 1. The van der Waals surface area contributed by atoms with E-state index < -0.39 is 11.8 Å². The molecule has 1 aromatic rings. The van der Waals surface area contributed by atoms with Crippen molar-refractivity contribution in [3.8, 4) is 0 Å². The molecule has 96 valence electrons. The number of anilines is 1. The molecule has 0 saturated heterocycles. The van der Waals surface area contributed by atoms with Gasteiger partial charge in [-0.1, -0.05) is 32.0 Å². The number of nitrogens with zero attached hydrogens (tertiary/aromatic N) is 1. The van der Waals surface area contributed by atoms with E-state index in [0.717, 1.165) is 17.7 Å². The summed E-state index contributed by atoms with van der Waals surface area (Å²) in [5, 5.41) is 2.66. The monoisotopic (exact) mass is 246 g/mol. The molecule has 0 radical (unpaired) electrons. The molecule has 18 heavy (non-hydrogen) atoms. The summed E-state index contributed by atoms with van der Waals surface area (Å²) in [6, 6.07) is 7.71. The lowest BCUT2D eigenvalue weighted by Crippen LogP contribution is -2.43. The minimum Gasteiger partial charge on any atom is -0.348 e. The van der Waals surface area contributed by atoms with Crippen LogP contribution in [0.15, 0.2) is 24.3 Å². The first-order valence-corrected chi connectivity index (χ1v) is 6.27. The van der Waals surface area contributed by atoms with E-state index in [4.69, 9.17) is 0 Å². The lowest BCUT2D eigenvalue weighted by atomic mass is 10.2. The van der Waals surface area contributed by atoms with Crippen LogP contribution in [0.4, 0.5) is 5.69 Å². The smallest absolute Gasteiger partial charge is 0.316 e. The molecule has 1 aliphatic heterocycles. The Labute approximate surface area is 107 Å². The first-order chi connectivity index (χ1) is 8.59. The van der Waals surface area contributed by atoms with Gasteiger partial charge >= 0.3 is 11.8 Å². The number of fused-ring (bicyclic) bond motifs is 1. The molecule has 1 aromatic carbocycles. The van der Waals surface area contributed by atoms with Crippen LogP contribution in [0.25, 0.3) is 0 Å². The second kappa shape index (κ2) is 5.21. The molecule has 1 N–H and O–H groups in total. The minimum absolute atomic E-state index is 0.340. The van der Waals surface area contributed by atoms with Crippen molar-refractivity contribution in [1.82, 2.24) is 5.32 Å². The fourth-order valence-corrected chi connectivity index (χ4v) is 2.04. The van der Waals surface area contributed by atoms with Crippen molar-refractivity contribution in [2.24, 2.45) is 5.92 Å². The summed E-state index contributed by atoms with van der Waals surface area (Å²) < 4.78 is 0. The first-order valence-electron chi connectivity index (χ1n) is 6.27. The van der Waals surface area contributed by atoms with Crippen molar-refractivity contribution in [2.45, 2.75) is 20.3 Å². The third-order valence-electron chi connectivity index (χ3n) is 3.00. The Hall–Kier alpha value is -1.84. The molecule has 2 amide bonds. The minimum atomic E-state index is -0.514. The van der Waals surface area contributed by atoms with Gasteiger partial charge in [-0.25, -0.2) is 0 Å². The third-order valence-corrected chi connectivity index (χ3v) is 3.00. The average Bonchev–Trinajstić information content (AvgIpc) is 2.78. The van der Waals surface area contributed by atoms with Crippen LogP contribution in [0.2, 0.25) is 0 Å². The van der Waals surface area contributed by atoms with Crippen molar-refractivity contribution in [3.05, 3.63) is 29.8 Å². The number of amides is 2. The lowest BCUT2D eigenvalue weighted by molar-refractivity contribution is -0.137. The normalized spacial score (nSPS) is 13.6. The van der Waals surface area contributed by atoms with Crippen molar-refractivity contribution >= 4 is 17.5 Å². The predicted molar refractivity (Wildman–Crippen MR) is 70.3 cm³/mol. The van der Waals surface area contributed by atoms with E-state index >= 15 is 0 Å². The Bertz CT molecular complexity index is 469. The number of carbonyl (C=O) groups excluding carboxylic acids is 2. The van der Waals surface area contributed by atoms with Gasteiger partial charge in [0.2, 0.25) is 0 Å². The Balaban J connectivity index is 2.05. The number of carbonyl (C=O) groups is 2. The summed E-state index contributed by atoms with van der Waals surface area (Å²) in [6.07, 6.45) is 0.819. The van der Waals surface area contributed by atoms with Gasteiger partial charge in [-0.15, -0.1) is 0 Å². The molecule has 1 aliphatic rings. The van der Waals surface area contributed by atoms with Crippen LogP contribution in [-0.4, -0.2) is 24.9 Å². The van der Waals surface area contributed by atoms with Crippen LogP contribution in [0.5, 0.6) is 0 Å². The van der Waals surface area contributed by atoms with Gasteiger partial charge in [-0.2, -0.15) is 0 Å². The SMILES string of the molecule is CC(C)CNC(=O)C(=O)N1CCc2ccccc21. The fraction of sp³-hybridized carbons (Fsp3) is 0.429. The molecule has 0 spiro atoms. The predicted octanol–water partition coefficient (Wildman–Crippen LogP) is 1.35. The van der Waals surface area contributed by atoms with Crippen LogP contribution in [0.1, 0.15) is 19.4 Å². The topological polar surface area (TPSA) is 49.4 Å². The molecule has 4 heteroatoms. The van der Waals surface area contributed by atoms with Gasteiger partial charge in [0.25, 0.3) is 0 Å². The van der Waals surface area contributed by atoms with Gasteiger partial charge in [-0.05, 0) is 24.0 Å². The second-order valence-electron chi connectivity index (χ2n) is 4.94. The van der Waals surface area contributed by atoms with Gasteiger partial charge < -0.3 is 10.2 Å². The largest absolute Gasteiger partial charge is 0.348 e. The molecule has 4 nitrogen and oxygen atoms in total. The number of benzene rings is 1. The highest BCUT2D eigenvalue weighted by molar-refractivity contribution is 6.40. The molecule has 0 saturated carbocycles. The summed E-state index contributed by atoms with van der Waals surface area (Å²) in [6.45, 7) is 5.11. The van der Waals surface area contributed by atoms with E-state index in [-0.39, 0.29) is 0 Å². The average molecular weight is 246 g/mol.